The van der Waals surface area contributed by atoms with E-state index in [0.29, 0.717) is 17.7 Å². The largest absolute Gasteiger partial charge is 0.351 e. The van der Waals surface area contributed by atoms with Gasteiger partial charge in [-0.25, -0.2) is 0 Å². The molecule has 1 aliphatic rings. The van der Waals surface area contributed by atoms with Gasteiger partial charge in [0.05, 0.1) is 11.6 Å². The average molecular weight is 294 g/mol. The fraction of sp³-hybridized carbons (Fsp3) is 0.467. The lowest BCUT2D eigenvalue weighted by Gasteiger charge is -2.34. The molecule has 1 amide bonds. The number of halogens is 1. The second-order valence-corrected chi connectivity index (χ2v) is 5.43. The number of hydrogen-bond donors (Lipinski definition) is 2. The van der Waals surface area contributed by atoms with Crippen molar-refractivity contribution < 1.29 is 4.79 Å². The Morgan fingerprint density at radius 2 is 1.95 bits per heavy atom. The van der Waals surface area contributed by atoms with Crippen LogP contribution in [0.15, 0.2) is 24.3 Å². The standard InChI is InChI=1S/C15H19N3O.ClH/c1-15(6-8-17-9-7-15)11-18-14(19)13-4-2-12(10-16)3-5-13;/h2-5,17H,6-9,11H2,1H3,(H,18,19);1H. The number of nitriles is 1. The van der Waals surface area contributed by atoms with E-state index < -0.39 is 0 Å². The molecule has 5 heteroatoms. The van der Waals surface area contributed by atoms with Crippen LogP contribution in [-0.4, -0.2) is 25.5 Å². The molecule has 0 saturated carbocycles. The number of carbonyl (C=O) groups is 1. The van der Waals surface area contributed by atoms with E-state index in [-0.39, 0.29) is 23.7 Å². The monoisotopic (exact) mass is 293 g/mol. The van der Waals surface area contributed by atoms with Crippen LogP contribution < -0.4 is 10.6 Å². The predicted molar refractivity (Wildman–Crippen MR) is 80.9 cm³/mol. The maximum absolute atomic E-state index is 12.0. The SMILES string of the molecule is CC1(CNC(=O)c2ccc(C#N)cc2)CCNCC1.Cl. The Bertz CT molecular complexity index is 487. The normalized spacial score (nSPS) is 16.6. The first-order valence-electron chi connectivity index (χ1n) is 6.62. The van der Waals surface area contributed by atoms with Crippen LogP contribution in [0.25, 0.3) is 0 Å². The molecule has 1 aromatic rings. The summed E-state index contributed by atoms with van der Waals surface area (Å²) in [7, 11) is 0. The number of hydrogen-bond acceptors (Lipinski definition) is 3. The zero-order valence-corrected chi connectivity index (χ0v) is 12.4. The summed E-state index contributed by atoms with van der Waals surface area (Å²) in [5, 5.41) is 15.0. The van der Waals surface area contributed by atoms with E-state index in [4.69, 9.17) is 5.26 Å². The highest BCUT2D eigenvalue weighted by Gasteiger charge is 2.27. The highest BCUT2D eigenvalue weighted by molar-refractivity contribution is 5.94. The van der Waals surface area contributed by atoms with Gasteiger partial charge in [-0.1, -0.05) is 6.92 Å². The quantitative estimate of drug-likeness (QED) is 0.897. The Morgan fingerprint density at radius 1 is 1.35 bits per heavy atom. The minimum absolute atomic E-state index is 0. The van der Waals surface area contributed by atoms with E-state index in [9.17, 15) is 4.79 Å². The molecule has 1 aliphatic heterocycles. The van der Waals surface area contributed by atoms with Gasteiger partial charge >= 0.3 is 0 Å². The number of amides is 1. The van der Waals surface area contributed by atoms with Crippen molar-refractivity contribution in [1.29, 1.82) is 5.26 Å². The highest BCUT2D eigenvalue weighted by atomic mass is 35.5. The summed E-state index contributed by atoms with van der Waals surface area (Å²) in [6, 6.07) is 8.77. The van der Waals surface area contributed by atoms with Gasteiger partial charge in [0.15, 0.2) is 0 Å². The molecule has 0 atom stereocenters. The molecule has 0 spiro atoms. The lowest BCUT2D eigenvalue weighted by molar-refractivity contribution is 0.0922. The highest BCUT2D eigenvalue weighted by Crippen LogP contribution is 2.26. The van der Waals surface area contributed by atoms with Crippen molar-refractivity contribution in [2.45, 2.75) is 19.8 Å². The van der Waals surface area contributed by atoms with Gasteiger partial charge in [0.1, 0.15) is 0 Å². The zero-order valence-electron chi connectivity index (χ0n) is 11.6. The van der Waals surface area contributed by atoms with Gasteiger partial charge in [0, 0.05) is 12.1 Å². The molecule has 0 radical (unpaired) electrons. The first-order chi connectivity index (χ1) is 9.13. The molecule has 0 aromatic heterocycles. The Balaban J connectivity index is 0.00000200. The van der Waals surface area contributed by atoms with Crippen LogP contribution in [0, 0.1) is 16.7 Å². The number of nitrogens with zero attached hydrogens (tertiary/aromatic N) is 1. The van der Waals surface area contributed by atoms with E-state index >= 15 is 0 Å². The topological polar surface area (TPSA) is 64.9 Å². The molecule has 0 bridgehead atoms. The molecule has 1 fully saturated rings. The number of piperidine rings is 1. The fourth-order valence-corrected chi connectivity index (χ4v) is 2.30. The number of benzene rings is 1. The van der Waals surface area contributed by atoms with Gasteiger partial charge in [-0.15, -0.1) is 12.4 Å². The molecule has 1 aromatic carbocycles. The Labute approximate surface area is 126 Å². The van der Waals surface area contributed by atoms with Crippen LogP contribution in [0.5, 0.6) is 0 Å². The molecule has 1 saturated heterocycles. The van der Waals surface area contributed by atoms with Crippen molar-refractivity contribution in [3.8, 4) is 6.07 Å². The minimum atomic E-state index is -0.0655. The van der Waals surface area contributed by atoms with Crippen LogP contribution in [0.2, 0.25) is 0 Å². The number of carbonyl (C=O) groups excluding carboxylic acids is 1. The van der Waals surface area contributed by atoms with Gasteiger partial charge < -0.3 is 10.6 Å². The smallest absolute Gasteiger partial charge is 0.251 e. The van der Waals surface area contributed by atoms with Crippen molar-refractivity contribution in [3.63, 3.8) is 0 Å². The van der Waals surface area contributed by atoms with Crippen molar-refractivity contribution in [3.05, 3.63) is 35.4 Å². The number of nitrogens with one attached hydrogen (secondary N) is 2. The molecule has 0 aliphatic carbocycles. The van der Waals surface area contributed by atoms with E-state index in [0.717, 1.165) is 25.9 Å². The van der Waals surface area contributed by atoms with Gasteiger partial charge in [0.25, 0.3) is 5.91 Å². The van der Waals surface area contributed by atoms with E-state index in [1.165, 1.54) is 0 Å². The summed E-state index contributed by atoms with van der Waals surface area (Å²) in [6.45, 7) is 4.95. The molecule has 2 rings (SSSR count). The molecular formula is C15H20ClN3O. The minimum Gasteiger partial charge on any atom is -0.351 e. The summed E-state index contributed by atoms with van der Waals surface area (Å²) < 4.78 is 0. The van der Waals surface area contributed by atoms with Gasteiger partial charge in [0.2, 0.25) is 0 Å². The van der Waals surface area contributed by atoms with Gasteiger partial charge in [-0.3, -0.25) is 4.79 Å². The predicted octanol–water partition coefficient (Wildman–Crippen LogP) is 2.10. The molecule has 4 nitrogen and oxygen atoms in total. The first-order valence-corrected chi connectivity index (χ1v) is 6.62. The third-order valence-electron chi connectivity index (χ3n) is 3.76. The van der Waals surface area contributed by atoms with Crippen molar-refractivity contribution in [2.75, 3.05) is 19.6 Å². The molecule has 108 valence electrons. The Hall–Kier alpha value is -1.57. The van der Waals surface area contributed by atoms with Crippen LogP contribution in [0.4, 0.5) is 0 Å². The van der Waals surface area contributed by atoms with Crippen LogP contribution in [0.1, 0.15) is 35.7 Å². The van der Waals surface area contributed by atoms with E-state index in [2.05, 4.69) is 17.6 Å². The summed E-state index contributed by atoms with van der Waals surface area (Å²) in [5.41, 5.74) is 1.37. The molecule has 1 heterocycles. The van der Waals surface area contributed by atoms with Crippen molar-refractivity contribution in [1.82, 2.24) is 10.6 Å². The average Bonchev–Trinajstić information content (AvgIpc) is 2.46. The molecule has 20 heavy (non-hydrogen) atoms. The van der Waals surface area contributed by atoms with Crippen molar-refractivity contribution in [2.24, 2.45) is 5.41 Å². The van der Waals surface area contributed by atoms with Crippen molar-refractivity contribution >= 4 is 18.3 Å². The third-order valence-corrected chi connectivity index (χ3v) is 3.76. The fourth-order valence-electron chi connectivity index (χ4n) is 2.30. The summed E-state index contributed by atoms with van der Waals surface area (Å²) in [6.07, 6.45) is 2.17. The van der Waals surface area contributed by atoms with E-state index in [1.807, 2.05) is 6.07 Å². The summed E-state index contributed by atoms with van der Waals surface area (Å²) >= 11 is 0. The Kier molecular flexibility index (Phi) is 6.00. The first kappa shape index (κ1) is 16.5. The van der Waals surface area contributed by atoms with E-state index in [1.54, 1.807) is 24.3 Å². The third kappa shape index (κ3) is 4.22. The second-order valence-electron chi connectivity index (χ2n) is 5.43. The van der Waals surface area contributed by atoms with Crippen LogP contribution >= 0.6 is 12.4 Å². The maximum atomic E-state index is 12.0. The molecular weight excluding hydrogens is 274 g/mol. The lowest BCUT2D eigenvalue weighted by atomic mass is 9.81. The Morgan fingerprint density at radius 3 is 2.50 bits per heavy atom. The van der Waals surface area contributed by atoms with Gasteiger partial charge in [-0.2, -0.15) is 5.26 Å². The van der Waals surface area contributed by atoms with Crippen LogP contribution in [-0.2, 0) is 0 Å². The van der Waals surface area contributed by atoms with Gasteiger partial charge in [-0.05, 0) is 55.6 Å². The second kappa shape index (κ2) is 7.28. The molecule has 2 N–H and O–H groups in total. The summed E-state index contributed by atoms with van der Waals surface area (Å²) in [4.78, 5) is 12.0. The summed E-state index contributed by atoms with van der Waals surface area (Å²) in [5.74, 6) is -0.0655. The zero-order chi connectivity index (χ0) is 13.7. The maximum Gasteiger partial charge on any atom is 0.251 e. The molecule has 0 unspecified atom stereocenters. The number of rotatable bonds is 3. The lowest BCUT2D eigenvalue weighted by Crippen LogP contribution is -2.42. The van der Waals surface area contributed by atoms with Crippen LogP contribution in [0.3, 0.4) is 0 Å².